The minimum atomic E-state index is -0.477. The molecule has 0 aliphatic heterocycles. The molecule has 0 atom stereocenters. The Balaban J connectivity index is 1.36. The van der Waals surface area contributed by atoms with Crippen LogP contribution in [-0.2, 0) is 18.0 Å². The Labute approximate surface area is 170 Å². The largest absolute Gasteiger partial charge is 0.489 e. The first kappa shape index (κ1) is 18.8. The van der Waals surface area contributed by atoms with Crippen LogP contribution >= 0.6 is 11.3 Å². The van der Waals surface area contributed by atoms with E-state index in [4.69, 9.17) is 9.47 Å². The summed E-state index contributed by atoms with van der Waals surface area (Å²) in [6.07, 6.45) is 0. The van der Waals surface area contributed by atoms with Gasteiger partial charge in [-0.15, -0.1) is 0 Å². The van der Waals surface area contributed by atoms with Gasteiger partial charge in [0.25, 0.3) is 5.56 Å². The average Bonchev–Trinajstić information content (AvgIpc) is 3.15. The molecule has 8 heteroatoms. The molecule has 146 valence electrons. The number of aromatic nitrogens is 3. The highest BCUT2D eigenvalue weighted by Gasteiger charge is 2.12. The molecule has 0 aliphatic carbocycles. The van der Waals surface area contributed by atoms with E-state index in [-0.39, 0.29) is 12.2 Å². The lowest BCUT2D eigenvalue weighted by molar-refractivity contribution is 0.0471. The molecule has 0 saturated heterocycles. The lowest BCUT2D eigenvalue weighted by Gasteiger charge is -2.07. The lowest BCUT2D eigenvalue weighted by Crippen LogP contribution is -2.14. The van der Waals surface area contributed by atoms with Gasteiger partial charge >= 0.3 is 5.97 Å². The molecule has 0 radical (unpaired) electrons. The SMILES string of the molecule is Cc1cc(=O)n2nc(COC(=O)c3ccc(OCc4ccccc4)cc3)sc2n1. The molecule has 0 N–H and O–H groups in total. The molecule has 4 rings (SSSR count). The second-order valence-electron chi connectivity index (χ2n) is 6.30. The molecular formula is C21H17N3O4S. The fourth-order valence-electron chi connectivity index (χ4n) is 2.66. The average molecular weight is 407 g/mol. The number of esters is 1. The molecule has 4 aromatic rings. The summed E-state index contributed by atoms with van der Waals surface area (Å²) in [4.78, 5) is 28.9. The first-order valence-electron chi connectivity index (χ1n) is 8.89. The number of carbonyl (C=O) groups excluding carboxylic acids is 1. The highest BCUT2D eigenvalue weighted by molar-refractivity contribution is 7.16. The predicted molar refractivity (Wildman–Crippen MR) is 108 cm³/mol. The second-order valence-corrected chi connectivity index (χ2v) is 7.34. The van der Waals surface area contributed by atoms with Crippen LogP contribution in [0.2, 0.25) is 0 Å². The summed E-state index contributed by atoms with van der Waals surface area (Å²) in [5, 5.41) is 4.65. The van der Waals surface area contributed by atoms with Crippen molar-refractivity contribution < 1.29 is 14.3 Å². The van der Waals surface area contributed by atoms with Crippen LogP contribution in [0.15, 0.2) is 65.5 Å². The Morgan fingerprint density at radius 3 is 2.59 bits per heavy atom. The van der Waals surface area contributed by atoms with Gasteiger partial charge in [-0.05, 0) is 36.8 Å². The van der Waals surface area contributed by atoms with Gasteiger partial charge in [-0.3, -0.25) is 4.79 Å². The van der Waals surface area contributed by atoms with Crippen molar-refractivity contribution in [3.05, 3.63) is 92.8 Å². The van der Waals surface area contributed by atoms with Gasteiger partial charge in [0.1, 0.15) is 19.0 Å². The topological polar surface area (TPSA) is 82.8 Å². The number of rotatable bonds is 6. The maximum absolute atomic E-state index is 12.3. The molecule has 0 amide bonds. The third-order valence-corrected chi connectivity index (χ3v) is 4.96. The van der Waals surface area contributed by atoms with Crippen molar-refractivity contribution in [2.45, 2.75) is 20.1 Å². The van der Waals surface area contributed by atoms with Crippen LogP contribution in [-0.4, -0.2) is 20.6 Å². The molecule has 0 fully saturated rings. The van der Waals surface area contributed by atoms with Crippen LogP contribution in [0.25, 0.3) is 4.96 Å². The van der Waals surface area contributed by atoms with E-state index in [0.29, 0.717) is 33.6 Å². The van der Waals surface area contributed by atoms with Gasteiger partial charge in [-0.1, -0.05) is 41.7 Å². The van der Waals surface area contributed by atoms with Crippen LogP contribution < -0.4 is 10.3 Å². The number of benzene rings is 2. The summed E-state index contributed by atoms with van der Waals surface area (Å²) < 4.78 is 12.2. The zero-order valence-electron chi connectivity index (χ0n) is 15.6. The fraction of sp³-hybridized carbons (Fsp3) is 0.143. The third kappa shape index (κ3) is 4.49. The van der Waals surface area contributed by atoms with Crippen LogP contribution in [0.3, 0.4) is 0 Å². The van der Waals surface area contributed by atoms with Crippen molar-refractivity contribution >= 4 is 22.3 Å². The van der Waals surface area contributed by atoms with Crippen molar-refractivity contribution in [3.63, 3.8) is 0 Å². The number of nitrogens with zero attached hydrogens (tertiary/aromatic N) is 3. The van der Waals surface area contributed by atoms with E-state index in [9.17, 15) is 9.59 Å². The van der Waals surface area contributed by atoms with Gasteiger partial charge in [0.05, 0.1) is 5.56 Å². The third-order valence-electron chi connectivity index (χ3n) is 4.08. The first-order chi connectivity index (χ1) is 14.1. The predicted octanol–water partition coefficient (Wildman–Crippen LogP) is 3.40. The maximum Gasteiger partial charge on any atom is 0.338 e. The van der Waals surface area contributed by atoms with E-state index in [0.717, 1.165) is 5.56 Å². The van der Waals surface area contributed by atoms with Crippen LogP contribution in [0.5, 0.6) is 5.75 Å². The summed E-state index contributed by atoms with van der Waals surface area (Å²) >= 11 is 1.21. The van der Waals surface area contributed by atoms with Gasteiger partial charge < -0.3 is 9.47 Å². The van der Waals surface area contributed by atoms with E-state index >= 15 is 0 Å². The molecule has 0 unspecified atom stereocenters. The quantitative estimate of drug-likeness (QED) is 0.456. The van der Waals surface area contributed by atoms with Gasteiger partial charge in [0.2, 0.25) is 4.96 Å². The van der Waals surface area contributed by atoms with Gasteiger partial charge in [-0.25, -0.2) is 9.78 Å². The number of carbonyl (C=O) groups is 1. The standard InChI is InChI=1S/C21H17N3O4S/c1-14-11-19(25)24-21(22-14)29-18(23-24)13-28-20(26)16-7-9-17(10-8-16)27-12-15-5-3-2-4-6-15/h2-11H,12-13H2,1H3. The minimum Gasteiger partial charge on any atom is -0.489 e. The molecule has 7 nitrogen and oxygen atoms in total. The van der Waals surface area contributed by atoms with Crippen LogP contribution in [0.4, 0.5) is 0 Å². The molecule has 29 heavy (non-hydrogen) atoms. The lowest BCUT2D eigenvalue weighted by atomic mass is 10.2. The van der Waals surface area contributed by atoms with Crippen molar-refractivity contribution in [2.75, 3.05) is 0 Å². The van der Waals surface area contributed by atoms with Crippen molar-refractivity contribution in [1.82, 2.24) is 14.6 Å². The second kappa shape index (κ2) is 8.24. The Bertz CT molecular complexity index is 1200. The molecular weight excluding hydrogens is 390 g/mol. The summed E-state index contributed by atoms with van der Waals surface area (Å²) in [5.41, 5.74) is 1.84. The normalized spacial score (nSPS) is 10.8. The minimum absolute atomic E-state index is 0.0302. The first-order valence-corrected chi connectivity index (χ1v) is 9.70. The number of aryl methyl sites for hydroxylation is 1. The molecule has 0 bridgehead atoms. The zero-order valence-corrected chi connectivity index (χ0v) is 16.4. The van der Waals surface area contributed by atoms with Crippen molar-refractivity contribution in [3.8, 4) is 5.75 Å². The van der Waals surface area contributed by atoms with E-state index < -0.39 is 5.97 Å². The molecule has 0 saturated carbocycles. The summed E-state index contributed by atoms with van der Waals surface area (Å²) in [7, 11) is 0. The van der Waals surface area contributed by atoms with E-state index in [1.54, 1.807) is 31.2 Å². The smallest absolute Gasteiger partial charge is 0.338 e. The van der Waals surface area contributed by atoms with Gasteiger partial charge in [-0.2, -0.15) is 9.61 Å². The summed E-state index contributed by atoms with van der Waals surface area (Å²) in [6.45, 7) is 2.17. The summed E-state index contributed by atoms with van der Waals surface area (Å²) in [5.74, 6) is 0.188. The highest BCUT2D eigenvalue weighted by atomic mass is 32.1. The van der Waals surface area contributed by atoms with Crippen LogP contribution in [0, 0.1) is 6.92 Å². The maximum atomic E-state index is 12.3. The molecule has 2 heterocycles. The summed E-state index contributed by atoms with van der Waals surface area (Å²) in [6, 6.07) is 18.0. The van der Waals surface area contributed by atoms with E-state index in [2.05, 4.69) is 10.1 Å². The Kier molecular flexibility index (Phi) is 5.35. The van der Waals surface area contributed by atoms with E-state index in [1.165, 1.54) is 21.9 Å². The highest BCUT2D eigenvalue weighted by Crippen LogP contribution is 2.17. The van der Waals surface area contributed by atoms with Crippen LogP contribution in [0.1, 0.15) is 26.6 Å². The Hall–Kier alpha value is -3.52. The number of hydrogen-bond donors (Lipinski definition) is 0. The molecule has 0 spiro atoms. The van der Waals surface area contributed by atoms with E-state index in [1.807, 2.05) is 30.3 Å². The van der Waals surface area contributed by atoms with Crippen molar-refractivity contribution in [2.24, 2.45) is 0 Å². The zero-order chi connectivity index (χ0) is 20.2. The Morgan fingerprint density at radius 1 is 1.07 bits per heavy atom. The Morgan fingerprint density at radius 2 is 1.83 bits per heavy atom. The number of ether oxygens (including phenoxy) is 2. The fourth-order valence-corrected chi connectivity index (χ4v) is 3.52. The van der Waals surface area contributed by atoms with Gasteiger partial charge in [0.15, 0.2) is 5.01 Å². The number of fused-ring (bicyclic) bond motifs is 1. The monoisotopic (exact) mass is 407 g/mol. The molecule has 2 aromatic heterocycles. The molecule has 2 aromatic carbocycles. The number of hydrogen-bond acceptors (Lipinski definition) is 7. The van der Waals surface area contributed by atoms with Gasteiger partial charge in [0, 0.05) is 11.8 Å². The molecule has 0 aliphatic rings. The van der Waals surface area contributed by atoms with Crippen molar-refractivity contribution in [1.29, 1.82) is 0 Å².